The van der Waals surface area contributed by atoms with Crippen LogP contribution < -0.4 is 5.73 Å². The van der Waals surface area contributed by atoms with E-state index in [0.29, 0.717) is 0 Å². The Balaban J connectivity index is 2.34. The fraction of sp³-hybridized carbons (Fsp3) is 0.0625. The van der Waals surface area contributed by atoms with Gasteiger partial charge in [0, 0.05) is 21.2 Å². The van der Waals surface area contributed by atoms with Crippen molar-refractivity contribution >= 4 is 55.1 Å². The number of carbonyl (C=O) groups excluding carboxylic acids is 3. The van der Waals surface area contributed by atoms with E-state index in [0.717, 1.165) is 0 Å². The number of esters is 1. The lowest BCUT2D eigenvalue weighted by Crippen LogP contribution is -2.23. The number of fused-ring (bicyclic) bond motifs is 2. The molecular weight excluding hydrogens is 446 g/mol. The lowest BCUT2D eigenvalue weighted by Gasteiger charge is -2.21. The first-order valence-electron chi connectivity index (χ1n) is 6.60. The summed E-state index contributed by atoms with van der Waals surface area (Å²) in [5.41, 5.74) is 6.05. The fourth-order valence-corrected chi connectivity index (χ4v) is 3.89. The van der Waals surface area contributed by atoms with E-state index in [1.54, 1.807) is 0 Å². The highest BCUT2D eigenvalue weighted by Gasteiger charge is 2.36. The first-order valence-corrected chi connectivity index (χ1v) is 8.19. The summed E-state index contributed by atoms with van der Waals surface area (Å²) in [5, 5.41) is 9.91. The number of hydrogen-bond acceptors (Lipinski definition) is 6. The van der Waals surface area contributed by atoms with Gasteiger partial charge in [-0.25, -0.2) is 4.79 Å². The number of anilines is 1. The van der Waals surface area contributed by atoms with Crippen LogP contribution in [0.2, 0.25) is 0 Å². The molecule has 0 bridgehead atoms. The van der Waals surface area contributed by atoms with Crippen molar-refractivity contribution in [2.45, 2.75) is 0 Å². The van der Waals surface area contributed by atoms with Crippen molar-refractivity contribution in [1.82, 2.24) is 0 Å². The number of aromatic hydroxyl groups is 1. The maximum absolute atomic E-state index is 12.9. The largest absolute Gasteiger partial charge is 0.505 e. The minimum atomic E-state index is -0.637. The van der Waals surface area contributed by atoms with Crippen molar-refractivity contribution in [3.05, 3.63) is 55.0 Å². The highest BCUT2D eigenvalue weighted by Crippen LogP contribution is 2.42. The highest BCUT2D eigenvalue weighted by molar-refractivity contribution is 9.11. The number of phenolic OH excluding ortho intramolecular Hbond substituents is 1. The van der Waals surface area contributed by atoms with Gasteiger partial charge in [0.05, 0.1) is 28.4 Å². The minimum Gasteiger partial charge on any atom is -0.505 e. The van der Waals surface area contributed by atoms with Gasteiger partial charge in [0.2, 0.25) is 0 Å². The molecular formula is C16H9Br2NO5. The molecule has 3 rings (SSSR count). The summed E-state index contributed by atoms with van der Waals surface area (Å²) in [6.45, 7) is 0. The third kappa shape index (κ3) is 2.17. The molecule has 122 valence electrons. The molecule has 0 spiro atoms. The van der Waals surface area contributed by atoms with Crippen LogP contribution in [0.4, 0.5) is 5.69 Å². The van der Waals surface area contributed by atoms with Gasteiger partial charge in [-0.15, -0.1) is 0 Å². The second kappa shape index (κ2) is 5.71. The molecule has 0 heterocycles. The average molecular weight is 455 g/mol. The number of carbonyl (C=O) groups is 3. The van der Waals surface area contributed by atoms with Gasteiger partial charge in [-0.3, -0.25) is 9.59 Å². The van der Waals surface area contributed by atoms with Gasteiger partial charge in [-0.1, -0.05) is 0 Å². The Morgan fingerprint density at radius 2 is 1.67 bits per heavy atom. The summed E-state index contributed by atoms with van der Waals surface area (Å²) < 4.78 is 4.91. The summed E-state index contributed by atoms with van der Waals surface area (Å²) in [6, 6.07) is 4.03. The molecule has 0 unspecified atom stereocenters. The molecule has 2 aromatic carbocycles. The van der Waals surface area contributed by atoms with E-state index in [4.69, 9.17) is 5.73 Å². The average Bonchev–Trinajstić information content (AvgIpc) is 2.56. The number of methoxy groups -OCH3 is 1. The lowest BCUT2D eigenvalue weighted by atomic mass is 9.83. The van der Waals surface area contributed by atoms with Gasteiger partial charge in [0.25, 0.3) is 0 Å². The van der Waals surface area contributed by atoms with Crippen molar-refractivity contribution in [2.75, 3.05) is 12.8 Å². The standard InChI is InChI=1S/C16H9Br2NO5/c1-24-16(23)6-3-2-5-9(11(6)17)14(21)7-4-8(19)15(22)12(18)10(7)13(5)20/h2-4,22H,19H2,1H3. The maximum Gasteiger partial charge on any atom is 0.339 e. The van der Waals surface area contributed by atoms with Crippen LogP contribution in [-0.4, -0.2) is 29.8 Å². The predicted octanol–water partition coefficient (Wildman–Crippen LogP) is 3.06. The van der Waals surface area contributed by atoms with Gasteiger partial charge < -0.3 is 15.6 Å². The van der Waals surface area contributed by atoms with Crippen molar-refractivity contribution < 1.29 is 24.2 Å². The fourth-order valence-electron chi connectivity index (χ4n) is 2.58. The second-order valence-corrected chi connectivity index (χ2v) is 6.64. The Kier molecular flexibility index (Phi) is 3.97. The zero-order valence-corrected chi connectivity index (χ0v) is 15.3. The van der Waals surface area contributed by atoms with Crippen molar-refractivity contribution in [3.8, 4) is 5.75 Å². The number of ether oxygens (including phenoxy) is 1. The zero-order valence-electron chi connectivity index (χ0n) is 12.1. The molecule has 0 amide bonds. The van der Waals surface area contributed by atoms with Crippen LogP contribution in [0.15, 0.2) is 27.1 Å². The number of nitrogen functional groups attached to an aromatic ring is 1. The van der Waals surface area contributed by atoms with Crippen LogP contribution in [0.1, 0.15) is 42.2 Å². The van der Waals surface area contributed by atoms with E-state index in [1.165, 1.54) is 25.3 Å². The van der Waals surface area contributed by atoms with E-state index in [-0.39, 0.29) is 48.2 Å². The normalized spacial score (nSPS) is 12.6. The van der Waals surface area contributed by atoms with Gasteiger partial charge in [0.15, 0.2) is 17.3 Å². The number of rotatable bonds is 1. The molecule has 24 heavy (non-hydrogen) atoms. The van der Waals surface area contributed by atoms with Crippen molar-refractivity contribution in [2.24, 2.45) is 0 Å². The predicted molar refractivity (Wildman–Crippen MR) is 92.6 cm³/mol. The van der Waals surface area contributed by atoms with E-state index in [9.17, 15) is 19.5 Å². The molecule has 6 nitrogen and oxygen atoms in total. The Morgan fingerprint density at radius 3 is 2.29 bits per heavy atom. The number of nitrogens with two attached hydrogens (primary N) is 1. The number of hydrogen-bond donors (Lipinski definition) is 2. The van der Waals surface area contributed by atoms with Crippen LogP contribution in [-0.2, 0) is 4.74 Å². The number of benzene rings is 2. The highest BCUT2D eigenvalue weighted by atomic mass is 79.9. The first kappa shape index (κ1) is 16.7. The summed E-state index contributed by atoms with van der Waals surface area (Å²) in [7, 11) is 1.22. The molecule has 1 aliphatic carbocycles. The molecule has 0 radical (unpaired) electrons. The molecule has 0 aliphatic heterocycles. The number of halogens is 2. The quantitative estimate of drug-likeness (QED) is 0.332. The van der Waals surface area contributed by atoms with Crippen LogP contribution in [0.25, 0.3) is 0 Å². The molecule has 0 saturated carbocycles. The van der Waals surface area contributed by atoms with Gasteiger partial charge in [-0.2, -0.15) is 0 Å². The third-order valence-electron chi connectivity index (χ3n) is 3.76. The van der Waals surface area contributed by atoms with Crippen LogP contribution >= 0.6 is 31.9 Å². The van der Waals surface area contributed by atoms with Crippen molar-refractivity contribution in [3.63, 3.8) is 0 Å². The van der Waals surface area contributed by atoms with Crippen LogP contribution in [0.5, 0.6) is 5.75 Å². The molecule has 2 aromatic rings. The number of ketones is 2. The van der Waals surface area contributed by atoms with Gasteiger partial charge >= 0.3 is 5.97 Å². The topological polar surface area (TPSA) is 107 Å². The Labute approximate surface area is 152 Å². The molecule has 3 N–H and O–H groups in total. The summed E-state index contributed by atoms with van der Waals surface area (Å²) in [4.78, 5) is 37.4. The number of phenols is 1. The third-order valence-corrected chi connectivity index (χ3v) is 5.36. The molecule has 0 saturated heterocycles. The van der Waals surface area contributed by atoms with Crippen LogP contribution in [0.3, 0.4) is 0 Å². The molecule has 1 aliphatic rings. The summed E-state index contributed by atoms with van der Waals surface area (Å²) in [5.74, 6) is -1.88. The van der Waals surface area contributed by atoms with Gasteiger partial charge in [-0.05, 0) is 50.1 Å². The second-order valence-electron chi connectivity index (χ2n) is 5.05. The van der Waals surface area contributed by atoms with E-state index in [2.05, 4.69) is 36.6 Å². The first-order chi connectivity index (χ1) is 11.3. The zero-order chi connectivity index (χ0) is 17.8. The Hall–Kier alpha value is -2.19. The summed E-state index contributed by atoms with van der Waals surface area (Å²) >= 11 is 6.33. The van der Waals surface area contributed by atoms with Gasteiger partial charge in [0.1, 0.15) is 0 Å². The van der Waals surface area contributed by atoms with E-state index < -0.39 is 17.5 Å². The lowest BCUT2D eigenvalue weighted by molar-refractivity contribution is 0.0599. The molecule has 8 heteroatoms. The molecule has 0 fully saturated rings. The van der Waals surface area contributed by atoms with E-state index in [1.807, 2.05) is 0 Å². The SMILES string of the molecule is COC(=O)c1ccc2c(c1Br)C(=O)c1cc(N)c(O)c(Br)c1C2=O. The smallest absolute Gasteiger partial charge is 0.339 e. The molecule has 0 aromatic heterocycles. The Bertz CT molecular complexity index is 952. The Morgan fingerprint density at radius 1 is 1.08 bits per heavy atom. The van der Waals surface area contributed by atoms with E-state index >= 15 is 0 Å². The monoisotopic (exact) mass is 453 g/mol. The molecule has 0 atom stereocenters. The minimum absolute atomic E-state index is 0.0366. The maximum atomic E-state index is 12.9. The summed E-state index contributed by atoms with van der Waals surface area (Å²) in [6.07, 6.45) is 0. The van der Waals surface area contributed by atoms with Crippen LogP contribution in [0, 0.1) is 0 Å². The van der Waals surface area contributed by atoms with Crippen molar-refractivity contribution in [1.29, 1.82) is 0 Å².